The fraction of sp³-hybridized carbons (Fsp3) is 1.00. The zero-order valence-electron chi connectivity index (χ0n) is 8.21. The largest absolute Gasteiger partial charge is 0.329 e. The minimum absolute atomic E-state index is 0.172. The van der Waals surface area contributed by atoms with Crippen LogP contribution in [0.25, 0.3) is 0 Å². The van der Waals surface area contributed by atoms with E-state index >= 15 is 0 Å². The van der Waals surface area contributed by atoms with Gasteiger partial charge >= 0.3 is 0 Å². The molecule has 0 aliphatic carbocycles. The maximum atomic E-state index is 11.2. The zero-order valence-corrected chi connectivity index (χ0v) is 9.02. The van der Waals surface area contributed by atoms with Gasteiger partial charge in [-0.3, -0.25) is 0 Å². The molecule has 0 aromatic heterocycles. The summed E-state index contributed by atoms with van der Waals surface area (Å²) in [6.45, 7) is 4.57. The standard InChI is InChI=1S/C7H19N3O2S/c1-3-5-9-13(11,12)10-7(4-2)6-8/h7,9-10H,3-6,8H2,1-2H3. The minimum atomic E-state index is -3.35. The molecule has 0 aromatic rings. The van der Waals surface area contributed by atoms with Crippen LogP contribution in [-0.4, -0.2) is 27.5 Å². The monoisotopic (exact) mass is 209 g/mol. The normalized spacial score (nSPS) is 14.4. The first kappa shape index (κ1) is 12.8. The fourth-order valence-corrected chi connectivity index (χ4v) is 2.05. The smallest absolute Gasteiger partial charge is 0.277 e. The second-order valence-corrected chi connectivity index (χ2v) is 4.39. The highest BCUT2D eigenvalue weighted by atomic mass is 32.2. The summed E-state index contributed by atoms with van der Waals surface area (Å²) in [5.74, 6) is 0. The molecule has 0 heterocycles. The Morgan fingerprint density at radius 1 is 1.38 bits per heavy atom. The van der Waals surface area contributed by atoms with Crippen molar-refractivity contribution in [2.45, 2.75) is 32.7 Å². The van der Waals surface area contributed by atoms with Gasteiger partial charge in [-0.15, -0.1) is 0 Å². The summed E-state index contributed by atoms with van der Waals surface area (Å²) in [5, 5.41) is 0. The van der Waals surface area contributed by atoms with Crippen LogP contribution in [0.15, 0.2) is 0 Å². The van der Waals surface area contributed by atoms with E-state index in [9.17, 15) is 8.42 Å². The van der Waals surface area contributed by atoms with Gasteiger partial charge in [0.15, 0.2) is 0 Å². The molecular weight excluding hydrogens is 190 g/mol. The number of nitrogens with two attached hydrogens (primary N) is 1. The van der Waals surface area contributed by atoms with Gasteiger partial charge < -0.3 is 5.73 Å². The molecule has 1 atom stereocenters. The highest BCUT2D eigenvalue weighted by molar-refractivity contribution is 7.87. The van der Waals surface area contributed by atoms with Crippen molar-refractivity contribution in [2.75, 3.05) is 13.1 Å². The molecule has 5 nitrogen and oxygen atoms in total. The average molecular weight is 209 g/mol. The van der Waals surface area contributed by atoms with Crippen molar-refractivity contribution in [1.82, 2.24) is 9.44 Å². The number of rotatable bonds is 7. The molecule has 0 bridgehead atoms. The molecule has 0 spiro atoms. The second kappa shape index (κ2) is 6.31. The summed E-state index contributed by atoms with van der Waals surface area (Å²) < 4.78 is 27.4. The van der Waals surface area contributed by atoms with Crippen molar-refractivity contribution in [3.8, 4) is 0 Å². The molecule has 4 N–H and O–H groups in total. The topological polar surface area (TPSA) is 84.2 Å². The fourth-order valence-electron chi connectivity index (χ4n) is 0.796. The number of hydrogen-bond acceptors (Lipinski definition) is 3. The van der Waals surface area contributed by atoms with Crippen molar-refractivity contribution in [2.24, 2.45) is 5.73 Å². The predicted octanol–water partition coefficient (Wildman–Crippen LogP) is -0.442. The molecule has 0 fully saturated rings. The van der Waals surface area contributed by atoms with Crippen molar-refractivity contribution < 1.29 is 8.42 Å². The van der Waals surface area contributed by atoms with Crippen LogP contribution in [0.1, 0.15) is 26.7 Å². The SMILES string of the molecule is CCCNS(=O)(=O)NC(CC)CN. The van der Waals surface area contributed by atoms with Crippen LogP contribution in [0.4, 0.5) is 0 Å². The van der Waals surface area contributed by atoms with E-state index in [0.717, 1.165) is 6.42 Å². The van der Waals surface area contributed by atoms with Crippen molar-refractivity contribution >= 4 is 10.2 Å². The van der Waals surface area contributed by atoms with Gasteiger partial charge in [0.05, 0.1) is 0 Å². The molecule has 0 rings (SSSR count). The highest BCUT2D eigenvalue weighted by Crippen LogP contribution is 1.90. The van der Waals surface area contributed by atoms with Crippen LogP contribution >= 0.6 is 0 Å². The molecule has 80 valence electrons. The Morgan fingerprint density at radius 3 is 2.38 bits per heavy atom. The lowest BCUT2D eigenvalue weighted by Crippen LogP contribution is -2.45. The number of hydrogen-bond donors (Lipinski definition) is 3. The Morgan fingerprint density at radius 2 is 2.00 bits per heavy atom. The van der Waals surface area contributed by atoms with Crippen LogP contribution in [0.5, 0.6) is 0 Å². The Hall–Kier alpha value is -0.170. The van der Waals surface area contributed by atoms with Crippen molar-refractivity contribution in [3.63, 3.8) is 0 Å². The lowest BCUT2D eigenvalue weighted by molar-refractivity contribution is 0.530. The molecule has 0 saturated carbocycles. The third-order valence-corrected chi connectivity index (χ3v) is 2.87. The lowest BCUT2D eigenvalue weighted by atomic mass is 10.2. The molecule has 0 amide bonds. The molecule has 0 aromatic carbocycles. The van der Waals surface area contributed by atoms with Gasteiger partial charge in [-0.05, 0) is 12.8 Å². The lowest BCUT2D eigenvalue weighted by Gasteiger charge is -2.14. The van der Waals surface area contributed by atoms with E-state index in [1.165, 1.54) is 0 Å². The van der Waals surface area contributed by atoms with Gasteiger partial charge in [-0.25, -0.2) is 4.72 Å². The van der Waals surface area contributed by atoms with Crippen molar-refractivity contribution in [1.29, 1.82) is 0 Å². The second-order valence-electron chi connectivity index (χ2n) is 2.86. The Labute approximate surface area is 80.3 Å². The van der Waals surface area contributed by atoms with E-state index in [0.29, 0.717) is 19.5 Å². The summed E-state index contributed by atoms with van der Waals surface area (Å²) in [6, 6.07) is -0.172. The maximum absolute atomic E-state index is 11.2. The van der Waals surface area contributed by atoms with Gasteiger partial charge in [0.2, 0.25) is 0 Å². The van der Waals surface area contributed by atoms with E-state index in [1.54, 1.807) is 0 Å². The van der Waals surface area contributed by atoms with Crippen LogP contribution < -0.4 is 15.2 Å². The number of nitrogens with one attached hydrogen (secondary N) is 2. The molecule has 0 aliphatic rings. The van der Waals surface area contributed by atoms with E-state index in [-0.39, 0.29) is 6.04 Å². The van der Waals surface area contributed by atoms with Gasteiger partial charge in [-0.2, -0.15) is 13.1 Å². The molecule has 0 radical (unpaired) electrons. The Bertz CT molecular complexity index is 212. The molecule has 1 unspecified atom stereocenters. The molecule has 13 heavy (non-hydrogen) atoms. The van der Waals surface area contributed by atoms with Crippen LogP contribution in [0.3, 0.4) is 0 Å². The van der Waals surface area contributed by atoms with Gasteiger partial charge in [0.1, 0.15) is 0 Å². The van der Waals surface area contributed by atoms with Gasteiger partial charge in [-0.1, -0.05) is 13.8 Å². The first-order valence-corrected chi connectivity index (χ1v) is 6.01. The van der Waals surface area contributed by atoms with Crippen molar-refractivity contribution in [3.05, 3.63) is 0 Å². The summed E-state index contributed by atoms with van der Waals surface area (Å²) in [7, 11) is -3.35. The van der Waals surface area contributed by atoms with E-state index < -0.39 is 10.2 Å². The summed E-state index contributed by atoms with van der Waals surface area (Å²) >= 11 is 0. The third-order valence-electron chi connectivity index (χ3n) is 1.64. The highest BCUT2D eigenvalue weighted by Gasteiger charge is 2.13. The summed E-state index contributed by atoms with van der Waals surface area (Å²) in [6.07, 6.45) is 1.48. The van der Waals surface area contributed by atoms with Crippen LogP contribution in [0.2, 0.25) is 0 Å². The Balaban J connectivity index is 4.00. The molecule has 0 aliphatic heterocycles. The third kappa shape index (κ3) is 5.98. The maximum Gasteiger partial charge on any atom is 0.277 e. The molecule has 6 heteroatoms. The van der Waals surface area contributed by atoms with Crippen LogP contribution in [-0.2, 0) is 10.2 Å². The predicted molar refractivity (Wildman–Crippen MR) is 53.5 cm³/mol. The molecular formula is C7H19N3O2S. The first-order chi connectivity index (χ1) is 6.05. The quantitative estimate of drug-likeness (QED) is 0.531. The minimum Gasteiger partial charge on any atom is -0.329 e. The van der Waals surface area contributed by atoms with E-state index in [2.05, 4.69) is 9.44 Å². The van der Waals surface area contributed by atoms with Gasteiger partial charge in [0, 0.05) is 19.1 Å². The zero-order chi connectivity index (χ0) is 10.3. The Kier molecular flexibility index (Phi) is 6.23. The van der Waals surface area contributed by atoms with Crippen LogP contribution in [0, 0.1) is 0 Å². The summed E-state index contributed by atoms with van der Waals surface area (Å²) in [4.78, 5) is 0. The first-order valence-electron chi connectivity index (χ1n) is 4.52. The average Bonchev–Trinajstić information content (AvgIpc) is 2.11. The van der Waals surface area contributed by atoms with E-state index in [1.807, 2.05) is 13.8 Å². The molecule has 0 saturated heterocycles. The summed E-state index contributed by atoms with van der Waals surface area (Å²) in [5.41, 5.74) is 5.36. The van der Waals surface area contributed by atoms with Gasteiger partial charge in [0.25, 0.3) is 10.2 Å². The van der Waals surface area contributed by atoms with E-state index in [4.69, 9.17) is 5.73 Å².